The summed E-state index contributed by atoms with van der Waals surface area (Å²) in [4.78, 5) is 28.9. The fourth-order valence-corrected chi connectivity index (χ4v) is 3.84. The highest BCUT2D eigenvalue weighted by atomic mass is 19.1. The second-order valence-electron chi connectivity index (χ2n) is 6.74. The second kappa shape index (κ2) is 10.8. The van der Waals surface area contributed by atoms with Crippen LogP contribution in [0.5, 0.6) is 0 Å². The molecule has 1 N–H and O–H groups in total. The number of pyridine rings is 1. The average molecular weight is 381 g/mol. The van der Waals surface area contributed by atoms with Gasteiger partial charge in [-0.05, 0) is 43.7 Å². The molecule has 0 spiro atoms. The van der Waals surface area contributed by atoms with Crippen molar-refractivity contribution in [1.29, 1.82) is 0 Å². The van der Waals surface area contributed by atoms with Crippen LogP contribution in [-0.2, 0) is 14.3 Å². The number of carboxylic acid groups (broad SMARTS) is 1. The van der Waals surface area contributed by atoms with Crippen molar-refractivity contribution in [2.75, 3.05) is 44.3 Å². The molecule has 0 unspecified atom stereocenters. The molecule has 0 bridgehead atoms. The van der Waals surface area contributed by atoms with Gasteiger partial charge in [-0.2, -0.15) is 0 Å². The summed E-state index contributed by atoms with van der Waals surface area (Å²) in [6, 6.07) is 3.09. The van der Waals surface area contributed by atoms with E-state index in [2.05, 4.69) is 9.88 Å². The van der Waals surface area contributed by atoms with Gasteiger partial charge in [0, 0.05) is 39.0 Å². The minimum absolute atomic E-state index is 0.198. The SMILES string of the molecule is CCOCCC(=O)N1C[C@H]2CCN(c3ncccc3F)CC[C@H]2C1.O=CO. The molecule has 3 rings (SSSR count). The molecule has 150 valence electrons. The van der Waals surface area contributed by atoms with Gasteiger partial charge in [0.2, 0.25) is 5.91 Å². The lowest BCUT2D eigenvalue weighted by atomic mass is 9.92. The lowest BCUT2D eigenvalue weighted by molar-refractivity contribution is -0.131. The molecule has 2 saturated heterocycles. The van der Waals surface area contributed by atoms with Crippen molar-refractivity contribution < 1.29 is 23.8 Å². The average Bonchev–Trinajstić information content (AvgIpc) is 2.97. The fourth-order valence-electron chi connectivity index (χ4n) is 3.84. The number of anilines is 1. The zero-order valence-corrected chi connectivity index (χ0v) is 15.7. The van der Waals surface area contributed by atoms with E-state index >= 15 is 0 Å². The predicted molar refractivity (Wildman–Crippen MR) is 99.0 cm³/mol. The standard InChI is InChI=1S/C18H26FN3O2.CH2O2/c1-2-24-11-7-17(23)22-12-14-5-9-21(10-6-15(14)13-22)18-16(19)4-3-8-20-18;2-1-3/h3-4,8,14-15H,2,5-7,9-13H2,1H3;1H,(H,2,3)/t14-,15+;. The molecule has 3 heterocycles. The smallest absolute Gasteiger partial charge is 0.290 e. The number of fused-ring (bicyclic) bond motifs is 1. The monoisotopic (exact) mass is 381 g/mol. The van der Waals surface area contributed by atoms with Gasteiger partial charge in [-0.3, -0.25) is 9.59 Å². The molecule has 0 radical (unpaired) electrons. The number of amides is 1. The molecular weight excluding hydrogens is 353 g/mol. The summed E-state index contributed by atoms with van der Waals surface area (Å²) in [7, 11) is 0. The van der Waals surface area contributed by atoms with E-state index < -0.39 is 0 Å². The van der Waals surface area contributed by atoms with E-state index in [-0.39, 0.29) is 18.2 Å². The molecule has 27 heavy (non-hydrogen) atoms. The number of carbonyl (C=O) groups excluding carboxylic acids is 1. The quantitative estimate of drug-likeness (QED) is 0.621. The van der Waals surface area contributed by atoms with E-state index in [1.165, 1.54) is 6.07 Å². The number of halogens is 1. The first kappa shape index (κ1) is 21.1. The first-order chi connectivity index (χ1) is 13.1. The molecular formula is C19H28FN3O4. The van der Waals surface area contributed by atoms with Crippen LogP contribution in [0, 0.1) is 17.7 Å². The molecule has 1 aromatic rings. The number of aromatic nitrogens is 1. The van der Waals surface area contributed by atoms with Gasteiger partial charge in [0.25, 0.3) is 6.47 Å². The van der Waals surface area contributed by atoms with Gasteiger partial charge in [0.05, 0.1) is 13.0 Å². The largest absolute Gasteiger partial charge is 0.483 e. The Morgan fingerprint density at radius 2 is 2.00 bits per heavy atom. The van der Waals surface area contributed by atoms with E-state index in [1.807, 2.05) is 11.8 Å². The fraction of sp³-hybridized carbons (Fsp3) is 0.632. The van der Waals surface area contributed by atoms with Gasteiger partial charge in [-0.1, -0.05) is 0 Å². The van der Waals surface area contributed by atoms with Crippen LogP contribution in [0.15, 0.2) is 18.3 Å². The number of nitrogens with zero attached hydrogens (tertiary/aromatic N) is 3. The third kappa shape index (κ3) is 5.89. The van der Waals surface area contributed by atoms with Crippen LogP contribution < -0.4 is 4.90 Å². The van der Waals surface area contributed by atoms with Crippen LogP contribution in [0.2, 0.25) is 0 Å². The van der Waals surface area contributed by atoms with E-state index in [9.17, 15) is 9.18 Å². The Kier molecular flexibility index (Phi) is 8.44. The van der Waals surface area contributed by atoms with E-state index in [4.69, 9.17) is 14.6 Å². The van der Waals surface area contributed by atoms with Crippen LogP contribution in [-0.4, -0.2) is 66.8 Å². The molecule has 0 aliphatic carbocycles. The molecule has 2 fully saturated rings. The van der Waals surface area contributed by atoms with Crippen molar-refractivity contribution in [2.45, 2.75) is 26.2 Å². The van der Waals surface area contributed by atoms with Crippen LogP contribution in [0.4, 0.5) is 10.2 Å². The van der Waals surface area contributed by atoms with Crippen molar-refractivity contribution in [3.8, 4) is 0 Å². The second-order valence-corrected chi connectivity index (χ2v) is 6.74. The summed E-state index contributed by atoms with van der Waals surface area (Å²) >= 11 is 0. The highest BCUT2D eigenvalue weighted by Gasteiger charge is 2.37. The van der Waals surface area contributed by atoms with E-state index in [0.717, 1.165) is 39.0 Å². The maximum absolute atomic E-state index is 13.9. The zero-order valence-electron chi connectivity index (χ0n) is 15.7. The number of likely N-dealkylation sites (tertiary alicyclic amines) is 1. The summed E-state index contributed by atoms with van der Waals surface area (Å²) in [5.41, 5.74) is 0. The summed E-state index contributed by atoms with van der Waals surface area (Å²) in [5.74, 6) is 1.43. The summed E-state index contributed by atoms with van der Waals surface area (Å²) in [5, 5.41) is 6.89. The Morgan fingerprint density at radius 1 is 1.37 bits per heavy atom. The van der Waals surface area contributed by atoms with Crippen LogP contribution >= 0.6 is 0 Å². The summed E-state index contributed by atoms with van der Waals surface area (Å²) < 4.78 is 19.2. The van der Waals surface area contributed by atoms with Crippen LogP contribution in [0.25, 0.3) is 0 Å². The Hall–Kier alpha value is -2.22. The van der Waals surface area contributed by atoms with Crippen LogP contribution in [0.3, 0.4) is 0 Å². The third-order valence-corrected chi connectivity index (χ3v) is 5.17. The first-order valence-corrected chi connectivity index (χ1v) is 9.39. The van der Waals surface area contributed by atoms with Crippen molar-refractivity contribution in [1.82, 2.24) is 9.88 Å². The highest BCUT2D eigenvalue weighted by Crippen LogP contribution is 2.33. The zero-order chi connectivity index (χ0) is 19.6. The highest BCUT2D eigenvalue weighted by molar-refractivity contribution is 5.76. The van der Waals surface area contributed by atoms with Crippen LogP contribution in [0.1, 0.15) is 26.2 Å². The van der Waals surface area contributed by atoms with E-state index in [1.54, 1.807) is 12.3 Å². The Labute approximate surface area is 159 Å². The molecule has 0 aromatic carbocycles. The Balaban J connectivity index is 0.000000817. The summed E-state index contributed by atoms with van der Waals surface area (Å²) in [6.07, 6.45) is 4.08. The minimum Gasteiger partial charge on any atom is -0.483 e. The Bertz CT molecular complexity index is 600. The summed E-state index contributed by atoms with van der Waals surface area (Å²) in [6.45, 7) is 6.11. The van der Waals surface area contributed by atoms with Crippen molar-refractivity contribution >= 4 is 18.2 Å². The van der Waals surface area contributed by atoms with Crippen molar-refractivity contribution in [2.24, 2.45) is 11.8 Å². The minimum atomic E-state index is -0.253. The van der Waals surface area contributed by atoms with Crippen molar-refractivity contribution in [3.63, 3.8) is 0 Å². The molecule has 7 nitrogen and oxygen atoms in total. The lowest BCUT2D eigenvalue weighted by Crippen LogP contribution is -2.32. The molecule has 2 aliphatic heterocycles. The normalized spacial score (nSPS) is 21.7. The number of ether oxygens (including phenoxy) is 1. The maximum atomic E-state index is 13.9. The topological polar surface area (TPSA) is 83.0 Å². The molecule has 2 atom stereocenters. The molecule has 8 heteroatoms. The van der Waals surface area contributed by atoms with Gasteiger partial charge in [-0.25, -0.2) is 9.37 Å². The number of rotatable bonds is 5. The number of carbonyl (C=O) groups is 2. The van der Waals surface area contributed by atoms with Gasteiger partial charge in [-0.15, -0.1) is 0 Å². The molecule has 1 amide bonds. The Morgan fingerprint density at radius 3 is 2.56 bits per heavy atom. The van der Waals surface area contributed by atoms with Crippen molar-refractivity contribution in [3.05, 3.63) is 24.1 Å². The van der Waals surface area contributed by atoms with E-state index in [0.29, 0.717) is 37.3 Å². The predicted octanol–water partition coefficient (Wildman–Crippen LogP) is 2.02. The first-order valence-electron chi connectivity index (χ1n) is 9.39. The lowest BCUT2D eigenvalue weighted by Gasteiger charge is -2.23. The van der Waals surface area contributed by atoms with Gasteiger partial charge in [0.15, 0.2) is 11.6 Å². The molecule has 1 aromatic heterocycles. The molecule has 0 saturated carbocycles. The molecule has 2 aliphatic rings. The van der Waals surface area contributed by atoms with Gasteiger partial charge in [0.1, 0.15) is 0 Å². The van der Waals surface area contributed by atoms with Gasteiger partial charge >= 0.3 is 0 Å². The number of hydrogen-bond acceptors (Lipinski definition) is 5. The third-order valence-electron chi connectivity index (χ3n) is 5.17. The maximum Gasteiger partial charge on any atom is 0.290 e. The van der Waals surface area contributed by atoms with Gasteiger partial charge < -0.3 is 19.6 Å². The number of hydrogen-bond donors (Lipinski definition) is 1.